The van der Waals surface area contributed by atoms with Gasteiger partial charge in [-0.15, -0.1) is 0 Å². The summed E-state index contributed by atoms with van der Waals surface area (Å²) in [5.41, 5.74) is 0.138. The molecule has 2 aliphatic rings. The van der Waals surface area contributed by atoms with Crippen LogP contribution in [0.15, 0.2) is 18.2 Å². The van der Waals surface area contributed by atoms with Crippen LogP contribution in [0.1, 0.15) is 41.6 Å². The second-order valence-electron chi connectivity index (χ2n) is 7.34. The van der Waals surface area contributed by atoms with E-state index in [1.54, 1.807) is 17.0 Å². The summed E-state index contributed by atoms with van der Waals surface area (Å²) in [6.45, 7) is 2.30. The molecule has 1 aliphatic heterocycles. The lowest BCUT2D eigenvalue weighted by molar-refractivity contribution is -0.163. The molecule has 1 heterocycles. The summed E-state index contributed by atoms with van der Waals surface area (Å²) < 4.78 is 5.32. The molecule has 2 atom stereocenters. The number of nitrogens with zero attached hydrogens (tertiary/aromatic N) is 1. The zero-order valence-electron chi connectivity index (χ0n) is 14.7. The van der Waals surface area contributed by atoms with Crippen LogP contribution >= 0.6 is 0 Å². The predicted molar refractivity (Wildman–Crippen MR) is 91.7 cm³/mol. The Hall–Kier alpha value is -2.08. The van der Waals surface area contributed by atoms with Gasteiger partial charge in [-0.2, -0.15) is 0 Å². The van der Waals surface area contributed by atoms with E-state index in [1.807, 2.05) is 13.0 Å². The number of piperidine rings is 1. The number of ether oxygens (including phenoxy) is 1. The molecule has 0 spiro atoms. The Morgan fingerprint density at radius 2 is 2.04 bits per heavy atom. The zero-order chi connectivity index (χ0) is 18.2. The van der Waals surface area contributed by atoms with Crippen molar-refractivity contribution in [3.63, 3.8) is 0 Å². The molecule has 6 heteroatoms. The van der Waals surface area contributed by atoms with Crippen LogP contribution in [0, 0.1) is 18.3 Å². The summed E-state index contributed by atoms with van der Waals surface area (Å²) in [5, 5.41) is 20.3. The summed E-state index contributed by atoms with van der Waals surface area (Å²) in [7, 11) is 1.51. The van der Waals surface area contributed by atoms with E-state index in [-0.39, 0.29) is 18.9 Å². The van der Waals surface area contributed by atoms with Gasteiger partial charge in [-0.25, -0.2) is 0 Å². The van der Waals surface area contributed by atoms with Gasteiger partial charge < -0.3 is 19.8 Å². The van der Waals surface area contributed by atoms with Gasteiger partial charge in [-0.1, -0.05) is 18.9 Å². The molecule has 2 fully saturated rings. The van der Waals surface area contributed by atoms with Crippen molar-refractivity contribution in [3.8, 4) is 5.75 Å². The highest BCUT2D eigenvalue weighted by Gasteiger charge is 2.52. The Labute approximate surface area is 147 Å². The Morgan fingerprint density at radius 1 is 1.32 bits per heavy atom. The average molecular weight is 347 g/mol. The normalized spacial score (nSPS) is 26.4. The number of carbonyl (C=O) groups is 2. The van der Waals surface area contributed by atoms with Gasteiger partial charge in [0.05, 0.1) is 18.8 Å². The maximum Gasteiger partial charge on any atom is 0.314 e. The van der Waals surface area contributed by atoms with E-state index < -0.39 is 17.5 Å². The largest absolute Gasteiger partial charge is 0.496 e. The number of hydrogen-bond acceptors (Lipinski definition) is 4. The van der Waals surface area contributed by atoms with Crippen LogP contribution in [0.3, 0.4) is 0 Å². The quantitative estimate of drug-likeness (QED) is 0.851. The smallest absolute Gasteiger partial charge is 0.314 e. The Kier molecular flexibility index (Phi) is 4.73. The summed E-state index contributed by atoms with van der Waals surface area (Å²) in [5.74, 6) is -0.431. The highest BCUT2D eigenvalue weighted by atomic mass is 16.5. The number of carbonyl (C=O) groups excluding carboxylic acids is 1. The Balaban J connectivity index is 1.87. The summed E-state index contributed by atoms with van der Waals surface area (Å²) >= 11 is 0. The van der Waals surface area contributed by atoms with E-state index in [2.05, 4.69) is 0 Å². The highest BCUT2D eigenvalue weighted by molar-refractivity contribution is 5.97. The van der Waals surface area contributed by atoms with E-state index in [1.165, 1.54) is 7.11 Å². The lowest BCUT2D eigenvalue weighted by atomic mass is 9.73. The fraction of sp³-hybridized carbons (Fsp3) is 0.579. The van der Waals surface area contributed by atoms with Crippen LogP contribution in [0.4, 0.5) is 0 Å². The minimum absolute atomic E-state index is 0.0376. The lowest BCUT2D eigenvalue weighted by Crippen LogP contribution is -2.57. The van der Waals surface area contributed by atoms with Crippen LogP contribution in [0.2, 0.25) is 0 Å². The number of amides is 1. The molecule has 0 aromatic heterocycles. The maximum atomic E-state index is 13.0. The molecule has 1 saturated carbocycles. The molecule has 0 unspecified atom stereocenters. The molecule has 1 aromatic carbocycles. The number of carboxylic acid groups (broad SMARTS) is 1. The number of benzene rings is 1. The third-order valence-electron chi connectivity index (χ3n) is 5.43. The van der Waals surface area contributed by atoms with Crippen molar-refractivity contribution in [1.82, 2.24) is 4.90 Å². The molecule has 1 aromatic rings. The van der Waals surface area contributed by atoms with Gasteiger partial charge in [0.1, 0.15) is 11.2 Å². The maximum absolute atomic E-state index is 13.0. The Morgan fingerprint density at radius 3 is 2.64 bits per heavy atom. The first-order valence-electron chi connectivity index (χ1n) is 8.73. The second kappa shape index (κ2) is 6.67. The number of aliphatic hydroxyl groups is 1. The molecule has 136 valence electrons. The van der Waals surface area contributed by atoms with E-state index in [9.17, 15) is 19.8 Å². The number of likely N-dealkylation sites (tertiary alicyclic amines) is 1. The van der Waals surface area contributed by atoms with Crippen molar-refractivity contribution in [2.75, 3.05) is 20.2 Å². The lowest BCUT2D eigenvalue weighted by Gasteiger charge is -2.43. The molecule has 1 saturated heterocycles. The first-order chi connectivity index (χ1) is 11.9. The van der Waals surface area contributed by atoms with Crippen molar-refractivity contribution < 1.29 is 24.5 Å². The van der Waals surface area contributed by atoms with Gasteiger partial charge in [0.25, 0.3) is 5.91 Å². The number of rotatable bonds is 5. The van der Waals surface area contributed by atoms with E-state index >= 15 is 0 Å². The number of hydrogen-bond donors (Lipinski definition) is 2. The summed E-state index contributed by atoms with van der Waals surface area (Å²) in [6.07, 6.45) is 1.79. The van der Waals surface area contributed by atoms with Gasteiger partial charge in [0, 0.05) is 13.1 Å². The molecule has 0 bridgehead atoms. The number of carboxylic acids is 1. The minimum atomic E-state index is -1.27. The molecule has 1 amide bonds. The van der Waals surface area contributed by atoms with Crippen LogP contribution in [0.5, 0.6) is 5.75 Å². The van der Waals surface area contributed by atoms with E-state index in [4.69, 9.17) is 4.74 Å². The number of aliphatic carboxylic acids is 1. The standard InChI is InChI=1S/C19H25NO5/c1-12-3-6-14(15(9-12)25-2)17(22)20-8-7-16(21)19(11-20,18(23)24)10-13-4-5-13/h3,6,9,13,16,21H,4-5,7-8,10-11H2,1-2H3,(H,23,24)/t16-,19+/m0/s1. The third-order valence-corrected chi connectivity index (χ3v) is 5.43. The summed E-state index contributed by atoms with van der Waals surface area (Å²) in [6, 6.07) is 5.34. The van der Waals surface area contributed by atoms with Crippen LogP contribution in [-0.4, -0.2) is 53.3 Å². The number of methoxy groups -OCH3 is 1. The van der Waals surface area contributed by atoms with E-state index in [0.717, 1.165) is 18.4 Å². The molecule has 3 rings (SSSR count). The topological polar surface area (TPSA) is 87.1 Å². The molecule has 2 N–H and O–H groups in total. The van der Waals surface area contributed by atoms with Crippen molar-refractivity contribution >= 4 is 11.9 Å². The molecular formula is C19H25NO5. The van der Waals surface area contributed by atoms with Crippen molar-refractivity contribution in [1.29, 1.82) is 0 Å². The minimum Gasteiger partial charge on any atom is -0.496 e. The number of aryl methyl sites for hydroxylation is 1. The van der Waals surface area contributed by atoms with Gasteiger partial charge in [0.15, 0.2) is 0 Å². The average Bonchev–Trinajstić information content (AvgIpc) is 3.39. The Bertz CT molecular complexity index is 684. The molecule has 1 aliphatic carbocycles. The predicted octanol–water partition coefficient (Wildman–Crippen LogP) is 2.08. The molecule has 25 heavy (non-hydrogen) atoms. The third kappa shape index (κ3) is 3.35. The van der Waals surface area contributed by atoms with Gasteiger partial charge in [0.2, 0.25) is 0 Å². The van der Waals surface area contributed by atoms with Gasteiger partial charge >= 0.3 is 5.97 Å². The fourth-order valence-electron chi connectivity index (χ4n) is 3.73. The van der Waals surface area contributed by atoms with Gasteiger partial charge in [-0.3, -0.25) is 9.59 Å². The first kappa shape index (κ1) is 17.7. The SMILES string of the molecule is COc1cc(C)ccc1C(=O)N1CC[C@H](O)[C@](CC2CC2)(C(=O)O)C1. The first-order valence-corrected chi connectivity index (χ1v) is 8.73. The van der Waals surface area contributed by atoms with Crippen LogP contribution in [-0.2, 0) is 4.79 Å². The van der Waals surface area contributed by atoms with Crippen molar-refractivity contribution in [3.05, 3.63) is 29.3 Å². The zero-order valence-corrected chi connectivity index (χ0v) is 14.7. The fourth-order valence-corrected chi connectivity index (χ4v) is 3.73. The van der Waals surface area contributed by atoms with Crippen LogP contribution < -0.4 is 4.74 Å². The monoisotopic (exact) mass is 347 g/mol. The molecule has 0 radical (unpaired) electrons. The van der Waals surface area contributed by atoms with Crippen molar-refractivity contribution in [2.45, 2.75) is 38.7 Å². The van der Waals surface area contributed by atoms with Crippen LogP contribution in [0.25, 0.3) is 0 Å². The molecular weight excluding hydrogens is 322 g/mol. The van der Waals surface area contributed by atoms with E-state index in [0.29, 0.717) is 30.2 Å². The second-order valence-corrected chi connectivity index (χ2v) is 7.34. The van der Waals surface area contributed by atoms with Crippen molar-refractivity contribution in [2.24, 2.45) is 11.3 Å². The summed E-state index contributed by atoms with van der Waals surface area (Å²) in [4.78, 5) is 26.5. The number of aliphatic hydroxyl groups excluding tert-OH is 1. The highest BCUT2D eigenvalue weighted by Crippen LogP contribution is 2.45. The van der Waals surface area contributed by atoms with Gasteiger partial charge in [-0.05, 0) is 43.4 Å². The molecule has 6 nitrogen and oxygen atoms in total.